The molecular weight excluding hydrogens is 566 g/mol. The third-order valence-electron chi connectivity index (χ3n) is 6.61. The summed E-state index contributed by atoms with van der Waals surface area (Å²) in [6.07, 6.45) is 5.97. The number of rotatable bonds is 9. The first-order valence-electron chi connectivity index (χ1n) is 13.0. The molecule has 0 saturated heterocycles. The van der Waals surface area contributed by atoms with E-state index in [1.807, 2.05) is 6.07 Å². The Bertz CT molecular complexity index is 1830. The molecule has 0 aliphatic carbocycles. The van der Waals surface area contributed by atoms with Gasteiger partial charge in [0.25, 0.3) is 5.56 Å². The molecule has 1 aromatic carbocycles. The van der Waals surface area contributed by atoms with Crippen LogP contribution in [0.1, 0.15) is 44.9 Å². The molecule has 1 unspecified atom stereocenters. The summed E-state index contributed by atoms with van der Waals surface area (Å²) in [4.78, 5) is 46.9. The van der Waals surface area contributed by atoms with Gasteiger partial charge in [-0.15, -0.1) is 11.3 Å². The van der Waals surface area contributed by atoms with Gasteiger partial charge in [0.2, 0.25) is 11.8 Å². The summed E-state index contributed by atoms with van der Waals surface area (Å²) in [7, 11) is -1.12. The van der Waals surface area contributed by atoms with Crippen molar-refractivity contribution in [3.05, 3.63) is 68.7 Å². The highest BCUT2D eigenvalue weighted by Gasteiger charge is 2.36. The molecule has 1 atom stereocenters. The van der Waals surface area contributed by atoms with Crippen LogP contribution in [-0.4, -0.2) is 49.9 Å². The van der Waals surface area contributed by atoms with E-state index in [9.17, 15) is 18.6 Å². The summed E-state index contributed by atoms with van der Waals surface area (Å²) in [5, 5.41) is 3.08. The molecule has 4 rings (SSSR count). The van der Waals surface area contributed by atoms with Gasteiger partial charge in [0.05, 0.1) is 30.1 Å². The van der Waals surface area contributed by atoms with Crippen LogP contribution in [0.3, 0.4) is 0 Å². The largest absolute Gasteiger partial charge is 0.496 e. The lowest BCUT2D eigenvalue weighted by molar-refractivity contribution is -0.129. The second kappa shape index (κ2) is 11.3. The minimum atomic E-state index is -2.64. The Morgan fingerprint density at radius 1 is 1.24 bits per heavy atom. The number of oxazole rings is 1. The standard InChI is InChI=1S/C28H35N5O6S2/c1-16(2)30-26(35)28(4,5)33-24(34)21-17(3)22(23-29-13-14-39-23)40-25(21)32(27(33)36)15-19(31-41(7,8)37)18-11-9-10-12-20(18)38-6/h9-14,16,19H,15H2,1-8H3,(H,30,35). The summed E-state index contributed by atoms with van der Waals surface area (Å²) in [5.74, 6) is 0.345. The Labute approximate surface area is 242 Å². The number of nitrogens with one attached hydrogen (secondary N) is 1. The topological polar surface area (TPSA) is 138 Å². The molecule has 3 heterocycles. The molecule has 0 saturated carbocycles. The number of methoxy groups -OCH3 is 1. The summed E-state index contributed by atoms with van der Waals surface area (Å²) in [6.45, 7) is 8.36. The molecular formula is C28H35N5O6S2. The second-order valence-corrected chi connectivity index (χ2v) is 14.4. The van der Waals surface area contributed by atoms with Crippen molar-refractivity contribution in [1.82, 2.24) is 19.4 Å². The van der Waals surface area contributed by atoms with E-state index in [2.05, 4.69) is 14.7 Å². The first-order chi connectivity index (χ1) is 19.2. The van der Waals surface area contributed by atoms with Crippen LogP contribution in [0.15, 0.2) is 55.1 Å². The van der Waals surface area contributed by atoms with E-state index < -0.39 is 38.5 Å². The van der Waals surface area contributed by atoms with Crippen molar-refractivity contribution < 1.29 is 18.2 Å². The Kier molecular flexibility index (Phi) is 8.33. The third-order valence-corrected chi connectivity index (χ3v) is 8.67. The van der Waals surface area contributed by atoms with E-state index in [-0.39, 0.29) is 18.0 Å². The molecule has 0 fully saturated rings. The molecule has 11 nitrogen and oxygen atoms in total. The molecule has 4 aromatic rings. The van der Waals surface area contributed by atoms with Crippen LogP contribution in [0.4, 0.5) is 0 Å². The minimum absolute atomic E-state index is 0.0679. The zero-order valence-electron chi connectivity index (χ0n) is 24.4. The van der Waals surface area contributed by atoms with Crippen molar-refractivity contribution in [1.29, 1.82) is 0 Å². The maximum Gasteiger partial charge on any atom is 0.333 e. The highest BCUT2D eigenvalue weighted by Crippen LogP contribution is 2.37. The molecule has 0 bridgehead atoms. The smallest absolute Gasteiger partial charge is 0.333 e. The van der Waals surface area contributed by atoms with Crippen molar-refractivity contribution >= 4 is 37.2 Å². The number of nitrogens with zero attached hydrogens (tertiary/aromatic N) is 4. The fraction of sp³-hybridized carbons (Fsp3) is 0.429. The number of aryl methyl sites for hydroxylation is 1. The average molecular weight is 602 g/mol. The minimum Gasteiger partial charge on any atom is -0.496 e. The van der Waals surface area contributed by atoms with Crippen LogP contribution in [0.25, 0.3) is 21.0 Å². The molecule has 0 aliphatic heterocycles. The Hall–Kier alpha value is -3.71. The number of hydrogen-bond acceptors (Lipinski definition) is 9. The SMILES string of the molecule is COc1ccccc1C(Cn1c(=O)n(C(C)(C)C(=O)NC(C)C)c(=O)c2c(C)c(-c3ncco3)sc21)N=S(C)(C)=O. The normalized spacial score (nSPS) is 13.0. The van der Waals surface area contributed by atoms with Crippen molar-refractivity contribution in [3.8, 4) is 16.5 Å². The van der Waals surface area contributed by atoms with E-state index in [0.29, 0.717) is 32.5 Å². The predicted molar refractivity (Wildman–Crippen MR) is 161 cm³/mol. The maximum absolute atomic E-state index is 14.3. The number of benzene rings is 1. The lowest BCUT2D eigenvalue weighted by atomic mass is 10.0. The number of thiophene rings is 1. The Morgan fingerprint density at radius 3 is 2.51 bits per heavy atom. The first-order valence-corrected chi connectivity index (χ1v) is 16.1. The maximum atomic E-state index is 14.3. The molecule has 0 spiro atoms. The lowest BCUT2D eigenvalue weighted by Crippen LogP contribution is -2.56. The molecule has 0 radical (unpaired) electrons. The van der Waals surface area contributed by atoms with E-state index in [4.69, 9.17) is 9.15 Å². The van der Waals surface area contributed by atoms with Crippen LogP contribution in [0.5, 0.6) is 5.75 Å². The molecule has 1 amide bonds. The van der Waals surface area contributed by atoms with Gasteiger partial charge in [-0.05, 0) is 46.2 Å². The fourth-order valence-electron chi connectivity index (χ4n) is 4.69. The molecule has 41 heavy (non-hydrogen) atoms. The highest BCUT2D eigenvalue weighted by atomic mass is 32.2. The zero-order valence-corrected chi connectivity index (χ0v) is 26.0. The molecule has 13 heteroatoms. The van der Waals surface area contributed by atoms with Gasteiger partial charge in [0.1, 0.15) is 28.4 Å². The first kappa shape index (κ1) is 30.3. The number of ether oxygens (including phenoxy) is 1. The fourth-order valence-corrected chi connectivity index (χ4v) is 6.72. The number of para-hydroxylation sites is 1. The van der Waals surface area contributed by atoms with E-state index >= 15 is 0 Å². The monoisotopic (exact) mass is 601 g/mol. The van der Waals surface area contributed by atoms with Crippen molar-refractivity contribution in [2.45, 2.75) is 58.8 Å². The average Bonchev–Trinajstić information content (AvgIpc) is 3.52. The highest BCUT2D eigenvalue weighted by molar-refractivity contribution is 7.92. The molecule has 1 N–H and O–H groups in total. The van der Waals surface area contributed by atoms with Gasteiger partial charge in [0.15, 0.2) is 0 Å². The van der Waals surface area contributed by atoms with Gasteiger partial charge in [0, 0.05) is 33.8 Å². The number of fused-ring (bicyclic) bond motifs is 1. The van der Waals surface area contributed by atoms with Crippen LogP contribution in [0, 0.1) is 6.92 Å². The third kappa shape index (κ3) is 5.87. The number of amides is 1. The number of hydrogen-bond donors (Lipinski definition) is 1. The second-order valence-electron chi connectivity index (χ2n) is 10.8. The number of carbonyl (C=O) groups is 1. The quantitative estimate of drug-likeness (QED) is 0.307. The van der Waals surface area contributed by atoms with E-state index in [0.717, 1.165) is 4.57 Å². The van der Waals surface area contributed by atoms with Gasteiger partial charge in [-0.2, -0.15) is 0 Å². The summed E-state index contributed by atoms with van der Waals surface area (Å²) < 4.78 is 31.1. The molecule has 3 aromatic heterocycles. The van der Waals surface area contributed by atoms with Gasteiger partial charge in [-0.1, -0.05) is 18.2 Å². The van der Waals surface area contributed by atoms with E-state index in [1.165, 1.54) is 61.8 Å². The van der Waals surface area contributed by atoms with Crippen LogP contribution < -0.4 is 21.3 Å². The predicted octanol–water partition coefficient (Wildman–Crippen LogP) is 3.93. The van der Waals surface area contributed by atoms with Crippen LogP contribution in [0.2, 0.25) is 0 Å². The van der Waals surface area contributed by atoms with Crippen LogP contribution in [-0.2, 0) is 26.6 Å². The summed E-state index contributed by atoms with van der Waals surface area (Å²) in [5.41, 5.74) is -1.63. The van der Waals surface area contributed by atoms with Gasteiger partial charge in [-0.3, -0.25) is 18.4 Å². The molecule has 0 aliphatic rings. The van der Waals surface area contributed by atoms with Gasteiger partial charge >= 0.3 is 5.69 Å². The molecule has 220 valence electrons. The zero-order chi connectivity index (χ0) is 30.3. The van der Waals surface area contributed by atoms with Crippen molar-refractivity contribution in [3.63, 3.8) is 0 Å². The van der Waals surface area contributed by atoms with Crippen molar-refractivity contribution in [2.24, 2.45) is 4.36 Å². The number of aromatic nitrogens is 3. The van der Waals surface area contributed by atoms with Gasteiger partial charge < -0.3 is 14.5 Å². The van der Waals surface area contributed by atoms with E-state index in [1.54, 1.807) is 39.0 Å². The lowest BCUT2D eigenvalue weighted by Gasteiger charge is -2.28. The van der Waals surface area contributed by atoms with Crippen molar-refractivity contribution in [2.75, 3.05) is 19.6 Å². The Morgan fingerprint density at radius 2 is 1.93 bits per heavy atom. The number of carbonyl (C=O) groups excluding carboxylic acids is 1. The van der Waals surface area contributed by atoms with Crippen LogP contribution >= 0.6 is 11.3 Å². The summed E-state index contributed by atoms with van der Waals surface area (Å²) >= 11 is 1.19. The summed E-state index contributed by atoms with van der Waals surface area (Å²) in [6, 6.07) is 6.19. The van der Waals surface area contributed by atoms with Gasteiger partial charge in [-0.25, -0.2) is 18.7 Å². The Balaban J connectivity index is 2.09.